The van der Waals surface area contributed by atoms with Gasteiger partial charge in [0, 0.05) is 25.2 Å². The van der Waals surface area contributed by atoms with E-state index in [0.717, 1.165) is 11.3 Å². The molecule has 3 N–H and O–H groups in total. The third-order valence-corrected chi connectivity index (χ3v) is 4.60. The molecule has 1 aliphatic rings. The zero-order valence-corrected chi connectivity index (χ0v) is 12.8. The topological polar surface area (TPSA) is 92.5 Å². The molecule has 20 heavy (non-hydrogen) atoms. The summed E-state index contributed by atoms with van der Waals surface area (Å²) in [6.07, 6.45) is 0.967. The van der Waals surface area contributed by atoms with Gasteiger partial charge in [-0.05, 0) is 37.2 Å². The highest BCUT2D eigenvalue weighted by atomic mass is 35.5. The van der Waals surface area contributed by atoms with Crippen LogP contribution in [0.15, 0.2) is 23.1 Å². The minimum Gasteiger partial charge on any atom is -0.330 e. The van der Waals surface area contributed by atoms with Crippen LogP contribution in [-0.2, 0) is 21.2 Å². The maximum absolute atomic E-state index is 11.9. The fraction of sp³-hybridized carbons (Fsp3) is 0.417. The highest BCUT2D eigenvalue weighted by molar-refractivity contribution is 7.89. The highest BCUT2D eigenvalue weighted by Crippen LogP contribution is 2.30. The second-order valence-corrected chi connectivity index (χ2v) is 6.22. The zero-order valence-electron chi connectivity index (χ0n) is 11.1. The van der Waals surface area contributed by atoms with E-state index in [-0.39, 0.29) is 23.2 Å². The van der Waals surface area contributed by atoms with E-state index < -0.39 is 10.0 Å². The molecule has 0 unspecified atom stereocenters. The molecule has 1 aromatic rings. The molecule has 0 fully saturated rings. The van der Waals surface area contributed by atoms with Crippen molar-refractivity contribution in [2.75, 3.05) is 25.0 Å². The molecule has 0 aliphatic carbocycles. The lowest BCUT2D eigenvalue weighted by Gasteiger charge is -2.17. The van der Waals surface area contributed by atoms with Crippen LogP contribution in [0.25, 0.3) is 0 Å². The Kier molecular flexibility index (Phi) is 5.52. The highest BCUT2D eigenvalue weighted by Gasteiger charge is 2.25. The van der Waals surface area contributed by atoms with Crippen LogP contribution < -0.4 is 15.4 Å². The van der Waals surface area contributed by atoms with Crippen molar-refractivity contribution in [2.24, 2.45) is 5.73 Å². The molecule has 1 aromatic carbocycles. The van der Waals surface area contributed by atoms with E-state index >= 15 is 0 Å². The van der Waals surface area contributed by atoms with E-state index in [1.54, 1.807) is 17.0 Å². The molecule has 0 radical (unpaired) electrons. The van der Waals surface area contributed by atoms with Crippen LogP contribution in [0.3, 0.4) is 0 Å². The maximum atomic E-state index is 11.9. The lowest BCUT2D eigenvalue weighted by atomic mass is 10.2. The smallest absolute Gasteiger partial charge is 0.240 e. The number of sulfonamides is 1. The molecule has 8 heteroatoms. The molecule has 0 spiro atoms. The monoisotopic (exact) mass is 319 g/mol. The number of anilines is 1. The number of nitrogens with zero attached hydrogens (tertiary/aromatic N) is 1. The molecule has 2 rings (SSSR count). The second-order valence-electron chi connectivity index (χ2n) is 4.33. The van der Waals surface area contributed by atoms with E-state index in [1.165, 1.54) is 13.1 Å². The van der Waals surface area contributed by atoms with Crippen LogP contribution in [0.5, 0.6) is 0 Å². The first-order chi connectivity index (χ1) is 8.99. The van der Waals surface area contributed by atoms with Crippen LogP contribution >= 0.6 is 12.4 Å². The van der Waals surface area contributed by atoms with E-state index in [4.69, 9.17) is 5.73 Å². The van der Waals surface area contributed by atoms with Crippen molar-refractivity contribution < 1.29 is 13.2 Å². The van der Waals surface area contributed by atoms with Crippen LogP contribution in [-0.4, -0.2) is 34.5 Å². The molecule has 0 saturated heterocycles. The Morgan fingerprint density at radius 2 is 2.15 bits per heavy atom. The number of carbonyl (C=O) groups excluding carboxylic acids is 1. The summed E-state index contributed by atoms with van der Waals surface area (Å²) in [6.45, 7) is 0.897. The number of carbonyl (C=O) groups is 1. The molecule has 0 aromatic heterocycles. The van der Waals surface area contributed by atoms with Crippen molar-refractivity contribution in [3.8, 4) is 0 Å². The van der Waals surface area contributed by atoms with Crippen molar-refractivity contribution in [2.45, 2.75) is 17.7 Å². The number of rotatable bonds is 4. The molecule has 1 aliphatic heterocycles. The summed E-state index contributed by atoms with van der Waals surface area (Å²) in [5, 5.41) is 0. The van der Waals surface area contributed by atoms with Gasteiger partial charge < -0.3 is 10.6 Å². The maximum Gasteiger partial charge on any atom is 0.240 e. The lowest BCUT2D eigenvalue weighted by Crippen LogP contribution is -2.30. The van der Waals surface area contributed by atoms with Crippen molar-refractivity contribution >= 4 is 34.0 Å². The summed E-state index contributed by atoms with van der Waals surface area (Å²) < 4.78 is 25.7. The number of hydrogen-bond donors (Lipinski definition) is 2. The fourth-order valence-corrected chi connectivity index (χ4v) is 2.96. The Hall–Kier alpha value is -1.15. The second kappa shape index (κ2) is 6.53. The summed E-state index contributed by atoms with van der Waals surface area (Å²) in [6, 6.07) is 4.82. The standard InChI is InChI=1S/C12H17N3O3S.ClH/c1-14-19(17,18)10-2-3-11-9(8-10)5-7-15(11)12(16)4-6-13;/h2-3,8,14H,4-7,13H2,1H3;1H. The van der Waals surface area contributed by atoms with Gasteiger partial charge in [0.05, 0.1) is 4.90 Å². The van der Waals surface area contributed by atoms with Crippen molar-refractivity contribution in [3.05, 3.63) is 23.8 Å². The Bertz CT molecular complexity index is 604. The molecule has 6 nitrogen and oxygen atoms in total. The largest absolute Gasteiger partial charge is 0.330 e. The number of amides is 1. The summed E-state index contributed by atoms with van der Waals surface area (Å²) in [5.41, 5.74) is 7.04. The van der Waals surface area contributed by atoms with E-state index in [0.29, 0.717) is 25.9 Å². The third kappa shape index (κ3) is 3.12. The van der Waals surface area contributed by atoms with Gasteiger partial charge in [0.1, 0.15) is 0 Å². The Morgan fingerprint density at radius 3 is 2.75 bits per heavy atom. The van der Waals surface area contributed by atoms with E-state index in [9.17, 15) is 13.2 Å². The average molecular weight is 320 g/mol. The molecular formula is C12H18ClN3O3S. The summed E-state index contributed by atoms with van der Waals surface area (Å²) in [5.74, 6) is -0.0227. The number of nitrogens with two attached hydrogens (primary N) is 1. The zero-order chi connectivity index (χ0) is 14.0. The lowest BCUT2D eigenvalue weighted by molar-refractivity contribution is -0.118. The first-order valence-electron chi connectivity index (χ1n) is 6.06. The first kappa shape index (κ1) is 16.9. The summed E-state index contributed by atoms with van der Waals surface area (Å²) in [4.78, 5) is 13.8. The van der Waals surface area contributed by atoms with E-state index in [2.05, 4.69) is 4.72 Å². The van der Waals surface area contributed by atoms with E-state index in [1.807, 2.05) is 0 Å². The van der Waals surface area contributed by atoms with Crippen LogP contribution in [0.2, 0.25) is 0 Å². The molecular weight excluding hydrogens is 302 g/mol. The molecule has 112 valence electrons. The van der Waals surface area contributed by atoms with Gasteiger partial charge in [-0.2, -0.15) is 0 Å². The normalized spacial score (nSPS) is 13.8. The van der Waals surface area contributed by atoms with Crippen molar-refractivity contribution in [1.29, 1.82) is 0 Å². The minimum absolute atomic E-state index is 0. The van der Waals surface area contributed by atoms with Gasteiger partial charge in [0.25, 0.3) is 0 Å². The summed E-state index contributed by atoms with van der Waals surface area (Å²) in [7, 11) is -2.07. The average Bonchev–Trinajstić information content (AvgIpc) is 2.81. The predicted molar refractivity (Wildman–Crippen MR) is 79.7 cm³/mol. The quantitative estimate of drug-likeness (QED) is 0.832. The fourth-order valence-electron chi connectivity index (χ4n) is 2.18. The third-order valence-electron chi connectivity index (χ3n) is 3.18. The first-order valence-corrected chi connectivity index (χ1v) is 7.55. The molecule has 0 atom stereocenters. The number of hydrogen-bond acceptors (Lipinski definition) is 4. The molecule has 0 bridgehead atoms. The number of nitrogens with one attached hydrogen (secondary N) is 1. The van der Waals surface area contributed by atoms with Crippen molar-refractivity contribution in [1.82, 2.24) is 4.72 Å². The van der Waals surface area contributed by atoms with Gasteiger partial charge in [-0.3, -0.25) is 4.79 Å². The number of benzene rings is 1. The van der Waals surface area contributed by atoms with Crippen LogP contribution in [0, 0.1) is 0 Å². The van der Waals surface area contributed by atoms with Crippen LogP contribution in [0.4, 0.5) is 5.69 Å². The number of fused-ring (bicyclic) bond motifs is 1. The van der Waals surface area contributed by atoms with Crippen LogP contribution in [0.1, 0.15) is 12.0 Å². The van der Waals surface area contributed by atoms with Crippen molar-refractivity contribution in [3.63, 3.8) is 0 Å². The van der Waals surface area contributed by atoms with Gasteiger partial charge >= 0.3 is 0 Å². The molecule has 1 amide bonds. The molecule has 1 heterocycles. The van der Waals surface area contributed by atoms with Gasteiger partial charge in [0.15, 0.2) is 0 Å². The van der Waals surface area contributed by atoms with Gasteiger partial charge in [-0.25, -0.2) is 13.1 Å². The number of halogens is 1. The van der Waals surface area contributed by atoms with Gasteiger partial charge in [-0.1, -0.05) is 0 Å². The molecule has 0 saturated carbocycles. The Labute approximate surface area is 124 Å². The minimum atomic E-state index is -3.44. The van der Waals surface area contributed by atoms with Gasteiger partial charge in [0.2, 0.25) is 15.9 Å². The Balaban J connectivity index is 0.00000200. The SMILES string of the molecule is CNS(=O)(=O)c1ccc2c(c1)CCN2C(=O)CCN.Cl. The van der Waals surface area contributed by atoms with Gasteiger partial charge in [-0.15, -0.1) is 12.4 Å². The Morgan fingerprint density at radius 1 is 1.45 bits per heavy atom. The summed E-state index contributed by atoms with van der Waals surface area (Å²) >= 11 is 0. The predicted octanol–water partition coefficient (Wildman–Crippen LogP) is 0.254.